The van der Waals surface area contributed by atoms with Crippen LogP contribution in [0.3, 0.4) is 0 Å². The smallest absolute Gasteiger partial charge is 0.336 e. The molecular formula is C17H21N2O7PS. The zero-order valence-corrected chi connectivity index (χ0v) is 17.0. The highest BCUT2D eigenvalue weighted by Crippen LogP contribution is 2.40. The molecule has 2 rings (SSSR count). The molecule has 4 N–H and O–H groups in total. The molecule has 0 aliphatic carbocycles. The second-order valence-electron chi connectivity index (χ2n) is 6.15. The van der Waals surface area contributed by atoms with E-state index < -0.39 is 31.3 Å². The van der Waals surface area contributed by atoms with Gasteiger partial charge in [-0.2, -0.15) is 11.8 Å². The number of amides is 2. The number of carbonyl (C=O) groups excluding carboxylic acids is 2. The van der Waals surface area contributed by atoms with E-state index in [0.717, 1.165) is 6.07 Å². The quantitative estimate of drug-likeness (QED) is 0.367. The summed E-state index contributed by atoms with van der Waals surface area (Å²) >= 11 is 1.55. The number of benzene rings is 1. The minimum atomic E-state index is -4.38. The van der Waals surface area contributed by atoms with E-state index in [4.69, 9.17) is 4.42 Å². The van der Waals surface area contributed by atoms with Crippen LogP contribution in [0.25, 0.3) is 11.0 Å². The average Bonchev–Trinajstić information content (AvgIpc) is 2.56. The predicted molar refractivity (Wildman–Crippen MR) is 107 cm³/mol. The van der Waals surface area contributed by atoms with Crippen molar-refractivity contribution in [3.63, 3.8) is 0 Å². The van der Waals surface area contributed by atoms with Gasteiger partial charge in [-0.1, -0.05) is 0 Å². The van der Waals surface area contributed by atoms with Crippen molar-refractivity contribution in [2.45, 2.75) is 25.5 Å². The third kappa shape index (κ3) is 6.49. The van der Waals surface area contributed by atoms with Crippen LogP contribution in [0, 0.1) is 0 Å². The van der Waals surface area contributed by atoms with E-state index in [9.17, 15) is 28.7 Å². The zero-order valence-electron chi connectivity index (χ0n) is 15.3. The first kappa shape index (κ1) is 22.2. The van der Waals surface area contributed by atoms with Gasteiger partial charge in [-0.15, -0.1) is 0 Å². The molecule has 9 nitrogen and oxygen atoms in total. The Bertz CT molecular complexity index is 985. The molecule has 0 fully saturated rings. The van der Waals surface area contributed by atoms with E-state index in [0.29, 0.717) is 23.2 Å². The van der Waals surface area contributed by atoms with Gasteiger partial charge in [0.25, 0.3) is 0 Å². The molecule has 0 radical (unpaired) electrons. The van der Waals surface area contributed by atoms with E-state index in [-0.39, 0.29) is 17.1 Å². The maximum atomic E-state index is 12.5. The number of hydrogen-bond donors (Lipinski definition) is 4. The van der Waals surface area contributed by atoms with Gasteiger partial charge in [-0.05, 0) is 36.1 Å². The lowest BCUT2D eigenvalue weighted by Crippen LogP contribution is -2.43. The molecule has 1 heterocycles. The summed E-state index contributed by atoms with van der Waals surface area (Å²) in [7, 11) is -4.38. The number of anilines is 1. The minimum Gasteiger partial charge on any atom is -0.423 e. The molecular weight excluding hydrogens is 407 g/mol. The summed E-state index contributed by atoms with van der Waals surface area (Å²) in [5.41, 5.74) is -0.175. The van der Waals surface area contributed by atoms with Crippen molar-refractivity contribution in [2.24, 2.45) is 0 Å². The van der Waals surface area contributed by atoms with Crippen molar-refractivity contribution in [3.8, 4) is 0 Å². The van der Waals surface area contributed by atoms with Gasteiger partial charge in [0.15, 0.2) is 0 Å². The average molecular weight is 428 g/mol. The van der Waals surface area contributed by atoms with Crippen LogP contribution in [-0.4, -0.2) is 39.7 Å². The summed E-state index contributed by atoms with van der Waals surface area (Å²) in [5.74, 6) is -0.0679. The van der Waals surface area contributed by atoms with Crippen molar-refractivity contribution < 1.29 is 28.4 Å². The number of hydrogen-bond acceptors (Lipinski definition) is 6. The van der Waals surface area contributed by atoms with E-state index in [2.05, 4.69) is 10.6 Å². The molecule has 2 amide bonds. The molecule has 1 aromatic heterocycles. The van der Waals surface area contributed by atoms with Crippen molar-refractivity contribution in [2.75, 3.05) is 17.3 Å². The highest BCUT2D eigenvalue weighted by Gasteiger charge is 2.20. The van der Waals surface area contributed by atoms with Gasteiger partial charge >= 0.3 is 13.2 Å². The van der Waals surface area contributed by atoms with E-state index in [1.807, 2.05) is 6.26 Å². The standard InChI is InChI=1S/C17H21N2O7PS/c1-10(20)18-14(5-6-28-2)17(22)19-12-3-4-13-11(9-27(23,24)25)7-16(21)26-15(13)8-12/h3-4,7-8,14H,5-6,9H2,1-2H3,(H,18,20)(H,19,22)(H2,23,24,25)/t14-/m0/s1. The van der Waals surface area contributed by atoms with Gasteiger partial charge in [-0.3, -0.25) is 14.2 Å². The SMILES string of the molecule is CSCC[C@H](NC(C)=O)C(=O)Nc1ccc2c(CP(=O)(O)O)cc(=O)oc2c1. The number of thioether (sulfide) groups is 1. The zero-order chi connectivity index (χ0) is 20.9. The Labute approximate surface area is 165 Å². The minimum absolute atomic E-state index is 0.0916. The van der Waals surface area contributed by atoms with Crippen LogP contribution in [0.5, 0.6) is 0 Å². The second kappa shape index (κ2) is 9.38. The summed E-state index contributed by atoms with van der Waals surface area (Å²) in [6.07, 6.45) is 1.74. The van der Waals surface area contributed by atoms with Gasteiger partial charge in [0.2, 0.25) is 11.8 Å². The van der Waals surface area contributed by atoms with Gasteiger partial charge in [-0.25, -0.2) is 4.79 Å². The van der Waals surface area contributed by atoms with Gasteiger partial charge in [0.1, 0.15) is 11.6 Å². The number of rotatable bonds is 8. The number of carbonyl (C=O) groups is 2. The molecule has 11 heteroatoms. The largest absolute Gasteiger partial charge is 0.423 e. The monoisotopic (exact) mass is 428 g/mol. The van der Waals surface area contributed by atoms with Gasteiger partial charge < -0.3 is 24.8 Å². The van der Waals surface area contributed by atoms with Crippen LogP contribution in [0.4, 0.5) is 5.69 Å². The Morgan fingerprint density at radius 2 is 2.00 bits per heavy atom. The second-order valence-corrected chi connectivity index (χ2v) is 8.78. The molecule has 1 atom stereocenters. The van der Waals surface area contributed by atoms with Crippen LogP contribution < -0.4 is 16.3 Å². The molecule has 152 valence electrons. The normalized spacial score (nSPS) is 12.6. The van der Waals surface area contributed by atoms with E-state index in [1.54, 1.807) is 11.8 Å². The molecule has 0 unspecified atom stereocenters. The fraction of sp³-hybridized carbons (Fsp3) is 0.353. The summed E-state index contributed by atoms with van der Waals surface area (Å²) in [5, 5.41) is 5.61. The van der Waals surface area contributed by atoms with Crippen LogP contribution in [0.15, 0.2) is 33.5 Å². The fourth-order valence-corrected chi connectivity index (χ4v) is 3.82. The molecule has 28 heavy (non-hydrogen) atoms. The van der Waals surface area contributed by atoms with Crippen LogP contribution in [0.1, 0.15) is 18.9 Å². The maximum absolute atomic E-state index is 12.5. The first-order chi connectivity index (χ1) is 13.1. The summed E-state index contributed by atoms with van der Waals surface area (Å²) < 4.78 is 16.4. The molecule has 1 aromatic carbocycles. The van der Waals surface area contributed by atoms with E-state index in [1.165, 1.54) is 25.1 Å². The number of fused-ring (bicyclic) bond motifs is 1. The molecule has 0 saturated carbocycles. The molecule has 0 saturated heterocycles. The Balaban J connectivity index is 2.30. The molecule has 0 aliphatic rings. The van der Waals surface area contributed by atoms with Crippen molar-refractivity contribution in [3.05, 3.63) is 40.2 Å². The van der Waals surface area contributed by atoms with Gasteiger partial charge in [0, 0.05) is 30.1 Å². The Morgan fingerprint density at radius 3 is 2.61 bits per heavy atom. The third-order valence-corrected chi connectivity index (χ3v) is 5.18. The molecule has 0 bridgehead atoms. The molecule has 2 aromatic rings. The van der Waals surface area contributed by atoms with E-state index >= 15 is 0 Å². The lowest BCUT2D eigenvalue weighted by atomic mass is 10.1. The van der Waals surface area contributed by atoms with Crippen molar-refractivity contribution >= 4 is 47.8 Å². The summed E-state index contributed by atoms with van der Waals surface area (Å²) in [4.78, 5) is 53.9. The molecule has 0 spiro atoms. The highest BCUT2D eigenvalue weighted by molar-refractivity contribution is 7.98. The Hall–Kier alpha value is -2.13. The predicted octanol–water partition coefficient (Wildman–Crippen LogP) is 1.67. The first-order valence-corrected chi connectivity index (χ1v) is 11.5. The maximum Gasteiger partial charge on any atom is 0.336 e. The van der Waals surface area contributed by atoms with Crippen LogP contribution in [0.2, 0.25) is 0 Å². The molecule has 0 aliphatic heterocycles. The Morgan fingerprint density at radius 1 is 1.29 bits per heavy atom. The highest BCUT2D eigenvalue weighted by atomic mass is 32.2. The first-order valence-electron chi connectivity index (χ1n) is 8.27. The third-order valence-electron chi connectivity index (χ3n) is 3.78. The van der Waals surface area contributed by atoms with Crippen LogP contribution in [-0.2, 0) is 20.3 Å². The summed E-state index contributed by atoms with van der Waals surface area (Å²) in [6, 6.07) is 4.76. The lowest BCUT2D eigenvalue weighted by Gasteiger charge is -2.17. The van der Waals surface area contributed by atoms with Gasteiger partial charge in [0.05, 0.1) is 6.16 Å². The van der Waals surface area contributed by atoms with Crippen molar-refractivity contribution in [1.82, 2.24) is 5.32 Å². The lowest BCUT2D eigenvalue weighted by molar-refractivity contribution is -0.125. The van der Waals surface area contributed by atoms with Crippen molar-refractivity contribution in [1.29, 1.82) is 0 Å². The Kier molecular flexibility index (Phi) is 7.42. The summed E-state index contributed by atoms with van der Waals surface area (Å²) in [6.45, 7) is 1.33. The topological polar surface area (TPSA) is 146 Å². The van der Waals surface area contributed by atoms with Crippen LogP contribution >= 0.6 is 19.4 Å². The fourth-order valence-electron chi connectivity index (χ4n) is 2.64. The number of nitrogens with one attached hydrogen (secondary N) is 2.